The van der Waals surface area contributed by atoms with Gasteiger partial charge in [0.25, 0.3) is 10.0 Å². The highest BCUT2D eigenvalue weighted by atomic mass is 32.2. The van der Waals surface area contributed by atoms with E-state index in [0.29, 0.717) is 18.5 Å². The van der Waals surface area contributed by atoms with Crippen molar-refractivity contribution < 1.29 is 13.2 Å². The first-order chi connectivity index (χ1) is 13.0. The van der Waals surface area contributed by atoms with Crippen LogP contribution in [-0.4, -0.2) is 29.3 Å². The van der Waals surface area contributed by atoms with Gasteiger partial charge in [0, 0.05) is 41.8 Å². The number of nitrogens with zero attached hydrogens (tertiary/aromatic N) is 3. The third kappa shape index (κ3) is 3.63. The second-order valence-corrected chi connectivity index (χ2v) is 7.71. The zero-order valence-electron chi connectivity index (χ0n) is 14.1. The number of rotatable bonds is 4. The molecule has 9 heteroatoms. The first-order valence-electron chi connectivity index (χ1n) is 8.18. The van der Waals surface area contributed by atoms with Gasteiger partial charge in [0.05, 0.1) is 4.90 Å². The number of aryl methyl sites for hydroxylation is 1. The van der Waals surface area contributed by atoms with Crippen LogP contribution in [0, 0.1) is 0 Å². The maximum atomic E-state index is 12.6. The molecule has 2 N–H and O–H groups in total. The Balaban J connectivity index is 1.56. The molecule has 4 rings (SSSR count). The van der Waals surface area contributed by atoms with Crippen LogP contribution in [0.2, 0.25) is 0 Å². The molecule has 0 saturated carbocycles. The lowest BCUT2D eigenvalue weighted by Gasteiger charge is -2.17. The van der Waals surface area contributed by atoms with Gasteiger partial charge >= 0.3 is 0 Å². The summed E-state index contributed by atoms with van der Waals surface area (Å²) in [4.78, 5) is 23.6. The molecule has 0 spiro atoms. The fourth-order valence-electron chi connectivity index (χ4n) is 2.80. The van der Waals surface area contributed by atoms with Gasteiger partial charge < -0.3 is 5.32 Å². The molecule has 0 radical (unpaired) electrons. The molecule has 136 valence electrons. The summed E-state index contributed by atoms with van der Waals surface area (Å²) in [6.07, 6.45) is 7.15. The van der Waals surface area contributed by atoms with E-state index in [9.17, 15) is 13.2 Å². The van der Waals surface area contributed by atoms with Crippen molar-refractivity contribution in [1.82, 2.24) is 15.0 Å². The van der Waals surface area contributed by atoms with Gasteiger partial charge in [-0.05, 0) is 42.3 Å². The van der Waals surface area contributed by atoms with Gasteiger partial charge in [-0.3, -0.25) is 9.52 Å². The predicted molar refractivity (Wildman–Crippen MR) is 99.5 cm³/mol. The van der Waals surface area contributed by atoms with Crippen molar-refractivity contribution in [3.63, 3.8) is 0 Å². The molecular formula is C18H15N5O3S. The molecule has 2 aromatic heterocycles. The smallest absolute Gasteiger partial charge is 0.263 e. The highest BCUT2D eigenvalue weighted by Crippen LogP contribution is 2.26. The topological polar surface area (TPSA) is 114 Å². The number of hydrogen-bond donors (Lipinski definition) is 2. The number of aromatic nitrogens is 3. The van der Waals surface area contributed by atoms with Crippen molar-refractivity contribution in [2.75, 3.05) is 10.0 Å². The first-order valence-corrected chi connectivity index (χ1v) is 9.67. The average Bonchev–Trinajstić information content (AvgIpc) is 2.68. The maximum Gasteiger partial charge on any atom is 0.263 e. The van der Waals surface area contributed by atoms with Crippen LogP contribution in [0.5, 0.6) is 0 Å². The summed E-state index contributed by atoms with van der Waals surface area (Å²) < 4.78 is 27.8. The van der Waals surface area contributed by atoms with Crippen LogP contribution in [0.4, 0.5) is 11.5 Å². The van der Waals surface area contributed by atoms with Gasteiger partial charge in [0.1, 0.15) is 12.1 Å². The Kier molecular flexibility index (Phi) is 4.28. The van der Waals surface area contributed by atoms with E-state index in [1.165, 1.54) is 12.4 Å². The number of sulfonamides is 1. The molecule has 0 saturated heterocycles. The number of nitrogens with one attached hydrogen (secondary N) is 2. The largest absolute Gasteiger partial charge is 0.326 e. The second-order valence-electron chi connectivity index (χ2n) is 6.03. The fraction of sp³-hybridized carbons (Fsp3) is 0.111. The van der Waals surface area contributed by atoms with Crippen LogP contribution in [-0.2, 0) is 21.2 Å². The summed E-state index contributed by atoms with van der Waals surface area (Å²) in [5, 5.41) is 2.73. The van der Waals surface area contributed by atoms with E-state index in [4.69, 9.17) is 0 Å². The number of fused-ring (bicyclic) bond motifs is 1. The summed E-state index contributed by atoms with van der Waals surface area (Å²) in [5.41, 5.74) is 3.02. The van der Waals surface area contributed by atoms with Gasteiger partial charge in [-0.15, -0.1) is 0 Å². The lowest BCUT2D eigenvalue weighted by molar-refractivity contribution is -0.116. The SMILES string of the molecule is O=C1CCc2cc(S(=O)(=O)Nc3ccc(-c4cncnc4)cn3)ccc2N1. The van der Waals surface area contributed by atoms with Crippen molar-refractivity contribution in [2.45, 2.75) is 17.7 Å². The lowest BCUT2D eigenvalue weighted by atomic mass is 10.0. The molecule has 27 heavy (non-hydrogen) atoms. The molecule has 1 aromatic carbocycles. The molecule has 3 aromatic rings. The Bertz CT molecular complexity index is 1100. The minimum absolute atomic E-state index is 0.0654. The zero-order chi connectivity index (χ0) is 18.9. The molecule has 1 amide bonds. The van der Waals surface area contributed by atoms with E-state index < -0.39 is 10.0 Å². The highest BCUT2D eigenvalue weighted by Gasteiger charge is 2.20. The number of hydrogen-bond acceptors (Lipinski definition) is 6. The number of pyridine rings is 1. The number of anilines is 2. The molecule has 0 atom stereocenters. The monoisotopic (exact) mass is 381 g/mol. The number of amides is 1. The highest BCUT2D eigenvalue weighted by molar-refractivity contribution is 7.92. The van der Waals surface area contributed by atoms with Crippen LogP contribution in [0.15, 0.2) is 60.1 Å². The van der Waals surface area contributed by atoms with Gasteiger partial charge in [0.15, 0.2) is 0 Å². The summed E-state index contributed by atoms with van der Waals surface area (Å²) in [6.45, 7) is 0. The Morgan fingerprint density at radius 3 is 2.52 bits per heavy atom. The molecule has 0 fully saturated rings. The fourth-order valence-corrected chi connectivity index (χ4v) is 3.86. The normalized spacial score (nSPS) is 13.6. The van der Waals surface area contributed by atoms with Crippen LogP contribution >= 0.6 is 0 Å². The molecule has 1 aliphatic rings. The van der Waals surface area contributed by atoms with Crippen molar-refractivity contribution in [3.8, 4) is 11.1 Å². The number of benzene rings is 1. The Labute approximate surface area is 155 Å². The summed E-state index contributed by atoms with van der Waals surface area (Å²) in [6, 6.07) is 7.96. The third-order valence-corrected chi connectivity index (χ3v) is 5.53. The Morgan fingerprint density at radius 2 is 1.78 bits per heavy atom. The number of carbonyl (C=O) groups excluding carboxylic acids is 1. The summed E-state index contributed by atoms with van der Waals surface area (Å²) in [5.74, 6) is 0.144. The van der Waals surface area contributed by atoms with E-state index in [1.807, 2.05) is 0 Å². The van der Waals surface area contributed by atoms with Crippen molar-refractivity contribution in [1.29, 1.82) is 0 Å². The average molecular weight is 381 g/mol. The molecule has 0 bridgehead atoms. The van der Waals surface area contributed by atoms with E-state index >= 15 is 0 Å². The Morgan fingerprint density at radius 1 is 0.963 bits per heavy atom. The van der Waals surface area contributed by atoms with Crippen molar-refractivity contribution >= 4 is 27.4 Å². The maximum absolute atomic E-state index is 12.6. The van der Waals surface area contributed by atoms with Gasteiger partial charge in [-0.2, -0.15) is 0 Å². The minimum atomic E-state index is -3.79. The minimum Gasteiger partial charge on any atom is -0.326 e. The molecule has 3 heterocycles. The van der Waals surface area contributed by atoms with E-state index in [0.717, 1.165) is 16.7 Å². The van der Waals surface area contributed by atoms with Crippen LogP contribution in [0.25, 0.3) is 11.1 Å². The zero-order valence-corrected chi connectivity index (χ0v) is 14.9. The van der Waals surface area contributed by atoms with E-state index in [-0.39, 0.29) is 16.6 Å². The number of carbonyl (C=O) groups is 1. The predicted octanol–water partition coefficient (Wildman–Crippen LogP) is 2.22. The Hall–Kier alpha value is -3.33. The lowest BCUT2D eigenvalue weighted by Crippen LogP contribution is -2.20. The molecule has 0 unspecified atom stereocenters. The molecular weight excluding hydrogens is 366 g/mol. The van der Waals surface area contributed by atoms with E-state index in [2.05, 4.69) is 25.0 Å². The third-order valence-electron chi connectivity index (χ3n) is 4.18. The first kappa shape index (κ1) is 17.1. The quantitative estimate of drug-likeness (QED) is 0.716. The van der Waals surface area contributed by atoms with E-state index in [1.54, 1.807) is 42.9 Å². The second kappa shape index (κ2) is 6.76. The van der Waals surface area contributed by atoms with Crippen LogP contribution < -0.4 is 10.0 Å². The molecule has 1 aliphatic heterocycles. The van der Waals surface area contributed by atoms with Gasteiger partial charge in [-0.1, -0.05) is 0 Å². The van der Waals surface area contributed by atoms with Crippen LogP contribution in [0.3, 0.4) is 0 Å². The van der Waals surface area contributed by atoms with Crippen molar-refractivity contribution in [3.05, 3.63) is 60.8 Å². The van der Waals surface area contributed by atoms with Crippen molar-refractivity contribution in [2.24, 2.45) is 0 Å². The molecule has 8 nitrogen and oxygen atoms in total. The van der Waals surface area contributed by atoms with Gasteiger partial charge in [0.2, 0.25) is 5.91 Å². The van der Waals surface area contributed by atoms with Gasteiger partial charge in [-0.25, -0.2) is 23.4 Å². The van der Waals surface area contributed by atoms with Crippen LogP contribution in [0.1, 0.15) is 12.0 Å². The summed E-state index contributed by atoms with van der Waals surface area (Å²) in [7, 11) is -3.79. The molecule has 0 aliphatic carbocycles. The standard InChI is InChI=1S/C18H15N5O3S/c24-18-6-2-12-7-15(3-4-16(12)22-18)27(25,26)23-17-5-1-13(10-21-17)14-8-19-11-20-9-14/h1,3-5,7-11H,2,6H2,(H,21,23)(H,22,24). The summed E-state index contributed by atoms with van der Waals surface area (Å²) >= 11 is 0.